The normalized spacial score (nSPS) is 12.4. The minimum Gasteiger partial charge on any atom is -0.386 e. The second kappa shape index (κ2) is 6.18. The van der Waals surface area contributed by atoms with Crippen LogP contribution in [0.1, 0.15) is 17.5 Å². The Labute approximate surface area is 132 Å². The Morgan fingerprint density at radius 3 is 2.65 bits per heavy atom. The molecule has 0 radical (unpaired) electrons. The number of halogens is 1. The van der Waals surface area contributed by atoms with Crippen molar-refractivity contribution in [3.8, 4) is 0 Å². The Morgan fingerprint density at radius 2 is 1.91 bits per heavy atom. The summed E-state index contributed by atoms with van der Waals surface area (Å²) in [6.07, 6.45) is -1.10. The topological polar surface area (TPSA) is 81.1 Å². The predicted octanol–water partition coefficient (Wildman–Crippen LogP) is 1.94. The monoisotopic (exact) mass is 313 g/mol. The molecule has 1 atom stereocenters. The maximum Gasteiger partial charge on any atom is 0.225 e. The molecule has 1 heterocycles. The van der Waals surface area contributed by atoms with Gasteiger partial charge in [0.25, 0.3) is 0 Å². The van der Waals surface area contributed by atoms with Gasteiger partial charge in [-0.25, -0.2) is 9.37 Å². The number of carbonyl (C=O) groups is 1. The van der Waals surface area contributed by atoms with Crippen LogP contribution in [0.25, 0.3) is 11.0 Å². The number of hydrogen-bond donors (Lipinski definition) is 2. The molecule has 0 bridgehead atoms. The molecular formula is C17H16FN3O2. The molecule has 6 heteroatoms. The van der Waals surface area contributed by atoms with Crippen molar-refractivity contribution in [3.63, 3.8) is 0 Å². The maximum atomic E-state index is 13.8. The fraction of sp³-hybridized carbons (Fsp3) is 0.176. The summed E-state index contributed by atoms with van der Waals surface area (Å²) < 4.78 is 15.5. The van der Waals surface area contributed by atoms with Crippen LogP contribution in [-0.2, 0) is 17.8 Å². The maximum absolute atomic E-state index is 13.8. The van der Waals surface area contributed by atoms with E-state index in [1.807, 2.05) is 24.3 Å². The van der Waals surface area contributed by atoms with Crippen molar-refractivity contribution in [2.45, 2.75) is 19.1 Å². The molecule has 0 saturated carbocycles. The summed E-state index contributed by atoms with van der Waals surface area (Å²) in [4.78, 5) is 15.6. The highest BCUT2D eigenvalue weighted by atomic mass is 19.1. The van der Waals surface area contributed by atoms with E-state index in [1.165, 1.54) is 12.1 Å². The zero-order valence-corrected chi connectivity index (χ0v) is 12.3. The molecule has 0 aliphatic rings. The van der Waals surface area contributed by atoms with Crippen molar-refractivity contribution in [1.29, 1.82) is 0 Å². The van der Waals surface area contributed by atoms with Gasteiger partial charge in [0.1, 0.15) is 11.6 Å². The van der Waals surface area contributed by atoms with E-state index in [9.17, 15) is 14.3 Å². The number of imidazole rings is 1. The fourth-order valence-electron chi connectivity index (χ4n) is 2.64. The van der Waals surface area contributed by atoms with E-state index in [4.69, 9.17) is 5.73 Å². The van der Waals surface area contributed by atoms with E-state index in [0.29, 0.717) is 11.3 Å². The lowest BCUT2D eigenvalue weighted by atomic mass is 10.1. The van der Waals surface area contributed by atoms with Gasteiger partial charge in [0.05, 0.1) is 30.1 Å². The lowest BCUT2D eigenvalue weighted by molar-refractivity contribution is -0.117. The standard InChI is InChI=1S/C17H16FN3O2/c18-12-6-2-1-5-11(12)15(22)10-21-14-8-4-3-7-13(14)20-17(21)9-16(19)23/h1-8,15,22H,9-10H2,(H2,19,23). The third-order valence-electron chi connectivity index (χ3n) is 3.69. The summed E-state index contributed by atoms with van der Waals surface area (Å²) >= 11 is 0. The number of benzene rings is 2. The van der Waals surface area contributed by atoms with Crippen LogP contribution in [0.15, 0.2) is 48.5 Å². The van der Waals surface area contributed by atoms with Gasteiger partial charge in [-0.05, 0) is 18.2 Å². The van der Waals surface area contributed by atoms with Gasteiger partial charge < -0.3 is 15.4 Å². The van der Waals surface area contributed by atoms with Crippen LogP contribution < -0.4 is 5.73 Å². The molecule has 0 spiro atoms. The number of rotatable bonds is 5. The summed E-state index contributed by atoms with van der Waals surface area (Å²) in [5, 5.41) is 10.4. The largest absolute Gasteiger partial charge is 0.386 e. The molecule has 23 heavy (non-hydrogen) atoms. The van der Waals surface area contributed by atoms with Crippen molar-refractivity contribution < 1.29 is 14.3 Å². The first-order valence-corrected chi connectivity index (χ1v) is 7.21. The van der Waals surface area contributed by atoms with Crippen molar-refractivity contribution in [3.05, 3.63) is 65.7 Å². The van der Waals surface area contributed by atoms with E-state index in [0.717, 1.165) is 5.52 Å². The van der Waals surface area contributed by atoms with Gasteiger partial charge in [0.15, 0.2) is 0 Å². The molecule has 0 aliphatic heterocycles. The number of nitrogens with zero attached hydrogens (tertiary/aromatic N) is 2. The van der Waals surface area contributed by atoms with Crippen molar-refractivity contribution in [2.24, 2.45) is 5.73 Å². The number of aliphatic hydroxyl groups excluding tert-OH is 1. The number of aromatic nitrogens is 2. The predicted molar refractivity (Wildman–Crippen MR) is 84.0 cm³/mol. The average Bonchev–Trinajstić information content (AvgIpc) is 2.84. The molecule has 0 aliphatic carbocycles. The highest BCUT2D eigenvalue weighted by Crippen LogP contribution is 2.23. The summed E-state index contributed by atoms with van der Waals surface area (Å²) in [6.45, 7) is 0.0874. The molecule has 5 nitrogen and oxygen atoms in total. The zero-order valence-electron chi connectivity index (χ0n) is 12.3. The smallest absolute Gasteiger partial charge is 0.225 e. The molecule has 1 amide bonds. The number of nitrogens with two attached hydrogens (primary N) is 1. The van der Waals surface area contributed by atoms with Gasteiger partial charge >= 0.3 is 0 Å². The van der Waals surface area contributed by atoms with Crippen LogP contribution in [0, 0.1) is 5.82 Å². The van der Waals surface area contributed by atoms with Crippen LogP contribution in [-0.4, -0.2) is 20.6 Å². The van der Waals surface area contributed by atoms with Gasteiger partial charge in [-0.2, -0.15) is 0 Å². The highest BCUT2D eigenvalue weighted by molar-refractivity contribution is 5.80. The van der Waals surface area contributed by atoms with Crippen molar-refractivity contribution >= 4 is 16.9 Å². The van der Waals surface area contributed by atoms with Gasteiger partial charge in [0, 0.05) is 5.56 Å². The summed E-state index contributed by atoms with van der Waals surface area (Å²) in [5.41, 5.74) is 6.93. The number of para-hydroxylation sites is 2. The van der Waals surface area contributed by atoms with Gasteiger partial charge in [-0.3, -0.25) is 4.79 Å². The van der Waals surface area contributed by atoms with Crippen LogP contribution in [0.2, 0.25) is 0 Å². The van der Waals surface area contributed by atoms with E-state index in [2.05, 4.69) is 4.98 Å². The number of hydrogen-bond acceptors (Lipinski definition) is 3. The lowest BCUT2D eigenvalue weighted by Gasteiger charge is -2.15. The van der Waals surface area contributed by atoms with Crippen molar-refractivity contribution in [2.75, 3.05) is 0 Å². The van der Waals surface area contributed by atoms with Crippen molar-refractivity contribution in [1.82, 2.24) is 9.55 Å². The summed E-state index contributed by atoms with van der Waals surface area (Å²) in [7, 11) is 0. The minimum atomic E-state index is -1.06. The quantitative estimate of drug-likeness (QED) is 0.755. The number of fused-ring (bicyclic) bond motifs is 1. The number of carbonyl (C=O) groups excluding carboxylic acids is 1. The third kappa shape index (κ3) is 3.07. The lowest BCUT2D eigenvalue weighted by Crippen LogP contribution is -2.19. The number of primary amides is 1. The second-order valence-corrected chi connectivity index (χ2v) is 5.31. The average molecular weight is 313 g/mol. The molecule has 0 fully saturated rings. The molecule has 3 N–H and O–H groups in total. The summed E-state index contributed by atoms with van der Waals surface area (Å²) in [6, 6.07) is 13.4. The third-order valence-corrected chi connectivity index (χ3v) is 3.69. The Morgan fingerprint density at radius 1 is 1.22 bits per heavy atom. The molecule has 118 valence electrons. The van der Waals surface area contributed by atoms with E-state index in [1.54, 1.807) is 16.7 Å². The van der Waals surface area contributed by atoms with E-state index < -0.39 is 17.8 Å². The van der Waals surface area contributed by atoms with Crippen LogP contribution >= 0.6 is 0 Å². The highest BCUT2D eigenvalue weighted by Gasteiger charge is 2.18. The van der Waals surface area contributed by atoms with Crippen LogP contribution in [0.3, 0.4) is 0 Å². The Balaban J connectivity index is 2.01. The zero-order chi connectivity index (χ0) is 16.4. The van der Waals surface area contributed by atoms with Crippen LogP contribution in [0.4, 0.5) is 4.39 Å². The van der Waals surface area contributed by atoms with Gasteiger partial charge in [0.2, 0.25) is 5.91 Å². The first-order valence-electron chi connectivity index (χ1n) is 7.21. The number of aliphatic hydroxyl groups is 1. The Kier molecular flexibility index (Phi) is 4.08. The summed E-state index contributed by atoms with van der Waals surface area (Å²) in [5.74, 6) is -0.531. The molecule has 1 unspecified atom stereocenters. The van der Waals surface area contributed by atoms with Gasteiger partial charge in [-0.15, -0.1) is 0 Å². The molecular weight excluding hydrogens is 297 g/mol. The second-order valence-electron chi connectivity index (χ2n) is 5.31. The van der Waals surface area contributed by atoms with Gasteiger partial charge in [-0.1, -0.05) is 30.3 Å². The SMILES string of the molecule is NC(=O)Cc1nc2ccccc2n1CC(O)c1ccccc1F. The minimum absolute atomic E-state index is 0.0430. The van der Waals surface area contributed by atoms with E-state index >= 15 is 0 Å². The molecule has 0 saturated heterocycles. The van der Waals surface area contributed by atoms with E-state index in [-0.39, 0.29) is 18.5 Å². The molecule has 2 aromatic carbocycles. The number of amides is 1. The first kappa shape index (κ1) is 15.2. The van der Waals surface area contributed by atoms with Crippen LogP contribution in [0.5, 0.6) is 0 Å². The first-order chi connectivity index (χ1) is 11.1. The molecule has 3 rings (SSSR count). The Hall–Kier alpha value is -2.73. The Bertz CT molecular complexity index is 860. The molecule has 3 aromatic rings. The molecule has 1 aromatic heterocycles. The fourth-order valence-corrected chi connectivity index (χ4v) is 2.64.